The molecule has 0 spiro atoms. The molecule has 1 aromatic carbocycles. The lowest BCUT2D eigenvalue weighted by Crippen LogP contribution is -2.25. The second-order valence-electron chi connectivity index (χ2n) is 5.13. The maximum atomic E-state index is 12.2. The minimum Gasteiger partial charge on any atom is -0.495 e. The molecule has 1 aliphatic carbocycles. The number of aliphatic hydroxyl groups excluding tert-OH is 1. The van der Waals surface area contributed by atoms with E-state index in [-0.39, 0.29) is 17.3 Å². The number of rotatable bonds is 8. The summed E-state index contributed by atoms with van der Waals surface area (Å²) in [6, 6.07) is 4.59. The van der Waals surface area contributed by atoms with Gasteiger partial charge in [0.25, 0.3) is 0 Å². The van der Waals surface area contributed by atoms with E-state index in [4.69, 9.17) is 9.84 Å². The van der Waals surface area contributed by atoms with E-state index in [1.54, 1.807) is 12.1 Å². The second-order valence-corrected chi connectivity index (χ2v) is 6.86. The smallest absolute Gasteiger partial charge is 0.244 e. The largest absolute Gasteiger partial charge is 0.495 e. The van der Waals surface area contributed by atoms with Crippen LogP contribution < -0.4 is 9.46 Å². The number of nitrogens with one attached hydrogen (secondary N) is 1. The van der Waals surface area contributed by atoms with Gasteiger partial charge in [-0.1, -0.05) is 18.9 Å². The van der Waals surface area contributed by atoms with Crippen molar-refractivity contribution in [1.29, 1.82) is 0 Å². The molecule has 1 fully saturated rings. The van der Waals surface area contributed by atoms with Gasteiger partial charge in [-0.05, 0) is 36.5 Å². The van der Waals surface area contributed by atoms with Crippen LogP contribution in [0.3, 0.4) is 0 Å². The maximum Gasteiger partial charge on any atom is 0.244 e. The number of sulfonamides is 1. The van der Waals surface area contributed by atoms with Gasteiger partial charge < -0.3 is 9.84 Å². The topological polar surface area (TPSA) is 75.6 Å². The molecule has 0 bridgehead atoms. The lowest BCUT2D eigenvalue weighted by atomic mass is 10.2. The highest BCUT2D eigenvalue weighted by Gasteiger charge is 2.22. The molecule has 0 saturated heterocycles. The van der Waals surface area contributed by atoms with Crippen molar-refractivity contribution in [3.05, 3.63) is 23.8 Å². The van der Waals surface area contributed by atoms with E-state index in [9.17, 15) is 8.42 Å². The Kier molecular flexibility index (Phi) is 5.01. The highest BCUT2D eigenvalue weighted by atomic mass is 32.2. The highest BCUT2D eigenvalue weighted by molar-refractivity contribution is 7.89. The summed E-state index contributed by atoms with van der Waals surface area (Å²) in [5.41, 5.74) is 0.620. The Labute approximate surface area is 120 Å². The van der Waals surface area contributed by atoms with Crippen LogP contribution in [0.4, 0.5) is 0 Å². The molecule has 0 aromatic heterocycles. The monoisotopic (exact) mass is 299 g/mol. The SMILES string of the molecule is COc1cc(CO)ccc1S(=O)(=O)NCCCC1CC1. The number of ether oxygens (including phenoxy) is 1. The van der Waals surface area contributed by atoms with Crippen molar-refractivity contribution in [2.24, 2.45) is 5.92 Å². The van der Waals surface area contributed by atoms with Gasteiger partial charge in [0.2, 0.25) is 10.0 Å². The first-order valence-corrected chi connectivity index (χ1v) is 8.32. The van der Waals surface area contributed by atoms with E-state index in [0.29, 0.717) is 12.1 Å². The van der Waals surface area contributed by atoms with E-state index >= 15 is 0 Å². The van der Waals surface area contributed by atoms with Gasteiger partial charge in [-0.3, -0.25) is 0 Å². The predicted octanol–water partition coefficient (Wildman–Crippen LogP) is 1.66. The van der Waals surface area contributed by atoms with Crippen molar-refractivity contribution in [3.8, 4) is 5.75 Å². The van der Waals surface area contributed by atoms with E-state index in [2.05, 4.69) is 4.72 Å². The molecule has 0 unspecified atom stereocenters. The zero-order valence-corrected chi connectivity index (χ0v) is 12.4. The van der Waals surface area contributed by atoms with Crippen molar-refractivity contribution in [2.45, 2.75) is 37.2 Å². The van der Waals surface area contributed by atoms with Crippen LogP contribution in [0.25, 0.3) is 0 Å². The van der Waals surface area contributed by atoms with E-state index in [1.807, 2.05) is 0 Å². The third kappa shape index (κ3) is 3.94. The molecular formula is C14H21NO4S. The molecule has 0 radical (unpaired) electrons. The molecule has 1 aliphatic rings. The molecule has 1 saturated carbocycles. The highest BCUT2D eigenvalue weighted by Crippen LogP contribution is 2.33. The van der Waals surface area contributed by atoms with Gasteiger partial charge in [0.1, 0.15) is 10.6 Å². The first kappa shape index (κ1) is 15.3. The normalized spacial score (nSPS) is 15.3. The molecule has 112 valence electrons. The molecule has 0 atom stereocenters. The third-order valence-electron chi connectivity index (χ3n) is 3.48. The summed E-state index contributed by atoms with van der Waals surface area (Å²) in [4.78, 5) is 0.114. The van der Waals surface area contributed by atoms with Gasteiger partial charge in [-0.15, -0.1) is 0 Å². The molecule has 5 nitrogen and oxygen atoms in total. The number of hydrogen-bond acceptors (Lipinski definition) is 4. The average Bonchev–Trinajstić information content (AvgIpc) is 3.27. The Balaban J connectivity index is 2.03. The van der Waals surface area contributed by atoms with Gasteiger partial charge in [0.05, 0.1) is 13.7 Å². The van der Waals surface area contributed by atoms with Crippen LogP contribution in [-0.2, 0) is 16.6 Å². The van der Waals surface area contributed by atoms with Crippen LogP contribution >= 0.6 is 0 Å². The number of aliphatic hydroxyl groups is 1. The minimum absolute atomic E-state index is 0.114. The standard InChI is InChI=1S/C14H21NO4S/c1-19-13-9-12(10-16)6-7-14(13)20(17,18)15-8-2-3-11-4-5-11/h6-7,9,11,15-16H,2-5,8,10H2,1H3. The van der Waals surface area contributed by atoms with Crippen LogP contribution in [0.1, 0.15) is 31.2 Å². The fourth-order valence-corrected chi connectivity index (χ4v) is 3.34. The minimum atomic E-state index is -3.56. The third-order valence-corrected chi connectivity index (χ3v) is 4.98. The average molecular weight is 299 g/mol. The van der Waals surface area contributed by atoms with Gasteiger partial charge in [0, 0.05) is 6.54 Å². The van der Waals surface area contributed by atoms with Crippen molar-refractivity contribution < 1.29 is 18.3 Å². The second kappa shape index (κ2) is 6.56. The van der Waals surface area contributed by atoms with Gasteiger partial charge in [0.15, 0.2) is 0 Å². The fraction of sp³-hybridized carbons (Fsp3) is 0.571. The molecule has 6 heteroatoms. The summed E-state index contributed by atoms with van der Waals surface area (Å²) in [6.07, 6.45) is 4.51. The van der Waals surface area contributed by atoms with Gasteiger partial charge >= 0.3 is 0 Å². The Morgan fingerprint density at radius 1 is 1.40 bits per heavy atom. The summed E-state index contributed by atoms with van der Waals surface area (Å²) < 4.78 is 32.1. The Hall–Kier alpha value is -1.11. The van der Waals surface area contributed by atoms with Gasteiger partial charge in [-0.2, -0.15) is 0 Å². The molecule has 2 N–H and O–H groups in total. The Morgan fingerprint density at radius 3 is 2.75 bits per heavy atom. The summed E-state index contributed by atoms with van der Waals surface area (Å²) in [5, 5.41) is 9.06. The van der Waals surface area contributed by atoms with Crippen LogP contribution in [0.15, 0.2) is 23.1 Å². The molecule has 0 aliphatic heterocycles. The maximum absolute atomic E-state index is 12.2. The molecule has 0 amide bonds. The van der Waals surface area contributed by atoms with Crippen LogP contribution in [-0.4, -0.2) is 27.2 Å². The lowest BCUT2D eigenvalue weighted by Gasteiger charge is -2.11. The molecule has 0 heterocycles. The summed E-state index contributed by atoms with van der Waals surface area (Å²) in [5.74, 6) is 1.06. The molecule has 20 heavy (non-hydrogen) atoms. The lowest BCUT2D eigenvalue weighted by molar-refractivity contribution is 0.280. The Morgan fingerprint density at radius 2 is 2.15 bits per heavy atom. The number of methoxy groups -OCH3 is 1. The van der Waals surface area contributed by atoms with E-state index < -0.39 is 10.0 Å². The van der Waals surface area contributed by atoms with Crippen LogP contribution in [0, 0.1) is 5.92 Å². The first-order valence-electron chi connectivity index (χ1n) is 6.84. The zero-order chi connectivity index (χ0) is 14.6. The number of hydrogen-bond donors (Lipinski definition) is 2. The summed E-state index contributed by atoms with van der Waals surface area (Å²) in [7, 11) is -2.14. The van der Waals surface area contributed by atoms with Crippen LogP contribution in [0.2, 0.25) is 0 Å². The van der Waals surface area contributed by atoms with E-state index in [0.717, 1.165) is 18.8 Å². The molecule has 2 rings (SSSR count). The van der Waals surface area contributed by atoms with Crippen molar-refractivity contribution in [1.82, 2.24) is 4.72 Å². The first-order chi connectivity index (χ1) is 9.56. The summed E-state index contributed by atoms with van der Waals surface area (Å²) in [6.45, 7) is 0.301. The van der Waals surface area contributed by atoms with Gasteiger partial charge in [-0.25, -0.2) is 13.1 Å². The Bertz CT molecular complexity index is 552. The summed E-state index contributed by atoms with van der Waals surface area (Å²) >= 11 is 0. The quantitative estimate of drug-likeness (QED) is 0.716. The van der Waals surface area contributed by atoms with Crippen molar-refractivity contribution in [3.63, 3.8) is 0 Å². The van der Waals surface area contributed by atoms with E-state index in [1.165, 1.54) is 26.0 Å². The fourth-order valence-electron chi connectivity index (χ4n) is 2.11. The molecular weight excluding hydrogens is 278 g/mol. The zero-order valence-electron chi connectivity index (χ0n) is 11.6. The number of benzene rings is 1. The predicted molar refractivity (Wildman–Crippen MR) is 76.1 cm³/mol. The van der Waals surface area contributed by atoms with Crippen LogP contribution in [0.5, 0.6) is 5.75 Å². The molecule has 1 aromatic rings. The van der Waals surface area contributed by atoms with Crippen molar-refractivity contribution >= 4 is 10.0 Å². The van der Waals surface area contributed by atoms with Crippen molar-refractivity contribution in [2.75, 3.05) is 13.7 Å².